The maximum absolute atomic E-state index is 13.6. The number of rotatable bonds is 2. The van der Waals surface area contributed by atoms with Crippen molar-refractivity contribution in [3.8, 4) is 0 Å². The third-order valence-corrected chi connectivity index (χ3v) is 9.77. The van der Waals surface area contributed by atoms with E-state index in [2.05, 4.69) is 12.2 Å². The predicted octanol–water partition coefficient (Wildman–Crippen LogP) is 7.00. The second-order valence-corrected chi connectivity index (χ2v) is 11.5. The Labute approximate surface area is 210 Å². The van der Waals surface area contributed by atoms with Gasteiger partial charge in [0.1, 0.15) is 6.10 Å². The van der Waals surface area contributed by atoms with Crippen LogP contribution >= 0.6 is 0 Å². The summed E-state index contributed by atoms with van der Waals surface area (Å²) in [6, 6.07) is 1.81. The number of hydrogen-bond acceptors (Lipinski definition) is 3. The van der Waals surface area contributed by atoms with Gasteiger partial charge < -0.3 is 10.1 Å². The molecule has 10 heteroatoms. The molecule has 1 amide bonds. The van der Waals surface area contributed by atoms with E-state index in [1.54, 1.807) is 0 Å². The van der Waals surface area contributed by atoms with E-state index in [0.29, 0.717) is 43.9 Å². The van der Waals surface area contributed by atoms with Gasteiger partial charge in [0.15, 0.2) is 0 Å². The highest BCUT2D eigenvalue weighted by Crippen LogP contribution is 2.65. The van der Waals surface area contributed by atoms with Crippen molar-refractivity contribution >= 4 is 17.6 Å². The smallest absolute Gasteiger partial charge is 0.418 e. The van der Waals surface area contributed by atoms with Crippen LogP contribution in [0.4, 0.5) is 32.0 Å². The summed E-state index contributed by atoms with van der Waals surface area (Å²) in [5.41, 5.74) is -5.12. The summed E-state index contributed by atoms with van der Waals surface area (Å²) < 4.78 is 87.3. The zero-order valence-electron chi connectivity index (χ0n) is 20.5. The highest BCUT2D eigenvalue weighted by Gasteiger charge is 2.61. The standard InChI is InChI=1S/C27H29F6NO3/c1-24-12-10-16-14(6-9-20-25(16,2)13-11-21(35)37-20)15(24)7-8-19(24)23(36)34-22-17(26(28,29)30)4-3-5-18(22)27(31,32)33/h3-5,11,13-16,19-20H,6-10,12H2,1-2H3,(H,34,36)/t14-,15-,16+,19?,20?,24-,25+/m0/s1. The molecule has 0 bridgehead atoms. The first-order valence-corrected chi connectivity index (χ1v) is 12.6. The molecule has 202 valence electrons. The molecule has 4 aliphatic rings. The normalized spacial score (nSPS) is 37.3. The van der Waals surface area contributed by atoms with Crippen LogP contribution < -0.4 is 5.32 Å². The molecule has 3 aliphatic carbocycles. The van der Waals surface area contributed by atoms with Crippen LogP contribution in [0.15, 0.2) is 30.4 Å². The van der Waals surface area contributed by atoms with Gasteiger partial charge in [-0.15, -0.1) is 0 Å². The Balaban J connectivity index is 1.42. The molecule has 1 aliphatic heterocycles. The second kappa shape index (κ2) is 8.50. The van der Waals surface area contributed by atoms with E-state index in [1.165, 1.54) is 6.08 Å². The van der Waals surface area contributed by atoms with Gasteiger partial charge in [-0.2, -0.15) is 26.3 Å². The lowest BCUT2D eigenvalue weighted by atomic mass is 9.48. The molecule has 5 rings (SSSR count). The van der Waals surface area contributed by atoms with E-state index in [1.807, 2.05) is 13.0 Å². The van der Waals surface area contributed by atoms with Crippen LogP contribution in [0, 0.1) is 34.5 Å². The van der Waals surface area contributed by atoms with Gasteiger partial charge in [0.25, 0.3) is 0 Å². The van der Waals surface area contributed by atoms with Crippen molar-refractivity contribution in [2.45, 2.75) is 70.8 Å². The lowest BCUT2D eigenvalue weighted by Crippen LogP contribution is -2.55. The molecule has 1 N–H and O–H groups in total. The van der Waals surface area contributed by atoms with Gasteiger partial charge in [0.2, 0.25) is 5.91 Å². The van der Waals surface area contributed by atoms with Crippen molar-refractivity contribution in [3.05, 3.63) is 41.5 Å². The van der Waals surface area contributed by atoms with Crippen LogP contribution in [0.25, 0.3) is 0 Å². The average Bonchev–Trinajstić information content (AvgIpc) is 3.15. The van der Waals surface area contributed by atoms with E-state index in [9.17, 15) is 35.9 Å². The van der Waals surface area contributed by atoms with E-state index in [-0.39, 0.29) is 35.2 Å². The molecule has 2 unspecified atom stereocenters. The molecule has 0 aromatic heterocycles. The van der Waals surface area contributed by atoms with Crippen LogP contribution in [-0.4, -0.2) is 18.0 Å². The van der Waals surface area contributed by atoms with Crippen LogP contribution in [-0.2, 0) is 26.7 Å². The summed E-state index contributed by atoms with van der Waals surface area (Å²) in [6.45, 7) is 4.04. The molecular formula is C27H29F6NO3. The summed E-state index contributed by atoms with van der Waals surface area (Å²) in [5.74, 6) is -1.30. The number of carbonyl (C=O) groups excluding carboxylic acids is 2. The number of benzene rings is 1. The number of ether oxygens (including phenoxy) is 1. The molecule has 0 saturated heterocycles. The molecule has 1 aromatic rings. The van der Waals surface area contributed by atoms with Gasteiger partial charge in [-0.05, 0) is 73.8 Å². The summed E-state index contributed by atoms with van der Waals surface area (Å²) in [4.78, 5) is 25.2. The number of amides is 1. The number of hydrogen-bond donors (Lipinski definition) is 1. The quantitative estimate of drug-likeness (QED) is 0.332. The highest BCUT2D eigenvalue weighted by atomic mass is 19.4. The number of carbonyl (C=O) groups is 2. The van der Waals surface area contributed by atoms with Crippen LogP contribution in [0.1, 0.15) is 63.5 Å². The van der Waals surface area contributed by atoms with Crippen molar-refractivity contribution < 1.29 is 40.7 Å². The summed E-state index contributed by atoms with van der Waals surface area (Å²) in [5, 5.41) is 2.07. The van der Waals surface area contributed by atoms with Gasteiger partial charge in [-0.3, -0.25) is 4.79 Å². The van der Waals surface area contributed by atoms with Crippen molar-refractivity contribution in [1.29, 1.82) is 0 Å². The van der Waals surface area contributed by atoms with Gasteiger partial charge in [0.05, 0.1) is 16.8 Å². The van der Waals surface area contributed by atoms with Crippen LogP contribution in [0.5, 0.6) is 0 Å². The molecule has 1 aromatic carbocycles. The summed E-state index contributed by atoms with van der Waals surface area (Å²) in [6.07, 6.45) is -3.01. The zero-order chi connectivity index (χ0) is 27.0. The minimum absolute atomic E-state index is 0.103. The number of fused-ring (bicyclic) bond motifs is 5. The van der Waals surface area contributed by atoms with Gasteiger partial charge in [0, 0.05) is 17.4 Å². The number of nitrogens with one attached hydrogen (secondary N) is 1. The van der Waals surface area contributed by atoms with Gasteiger partial charge in [-0.1, -0.05) is 26.0 Å². The van der Waals surface area contributed by atoms with Crippen molar-refractivity contribution in [2.75, 3.05) is 5.32 Å². The van der Waals surface area contributed by atoms with E-state index in [4.69, 9.17) is 4.74 Å². The molecule has 1 heterocycles. The van der Waals surface area contributed by atoms with E-state index in [0.717, 1.165) is 12.8 Å². The fourth-order valence-corrected chi connectivity index (χ4v) is 8.00. The van der Waals surface area contributed by atoms with Crippen LogP contribution in [0.2, 0.25) is 0 Å². The summed E-state index contributed by atoms with van der Waals surface area (Å²) >= 11 is 0. The Kier molecular flexibility index (Phi) is 5.99. The minimum atomic E-state index is -5.06. The first kappa shape index (κ1) is 26.1. The fourth-order valence-electron chi connectivity index (χ4n) is 8.00. The molecule has 3 saturated carbocycles. The Morgan fingerprint density at radius 3 is 2.22 bits per heavy atom. The monoisotopic (exact) mass is 529 g/mol. The number of para-hydroxylation sites is 1. The number of halogens is 6. The Hall–Kier alpha value is -2.52. The number of alkyl halides is 6. The molecule has 4 nitrogen and oxygen atoms in total. The predicted molar refractivity (Wildman–Crippen MR) is 122 cm³/mol. The molecule has 0 spiro atoms. The highest BCUT2D eigenvalue weighted by molar-refractivity contribution is 5.95. The largest absolute Gasteiger partial charge is 0.458 e. The van der Waals surface area contributed by atoms with Crippen molar-refractivity contribution in [3.63, 3.8) is 0 Å². The Morgan fingerprint density at radius 1 is 0.946 bits per heavy atom. The van der Waals surface area contributed by atoms with E-state index >= 15 is 0 Å². The topological polar surface area (TPSA) is 55.4 Å². The second-order valence-electron chi connectivity index (χ2n) is 11.5. The van der Waals surface area contributed by atoms with Crippen LogP contribution in [0.3, 0.4) is 0 Å². The lowest BCUT2D eigenvalue weighted by Gasteiger charge is -2.58. The number of esters is 1. The average molecular weight is 530 g/mol. The Morgan fingerprint density at radius 2 is 1.59 bits per heavy atom. The van der Waals surface area contributed by atoms with Gasteiger partial charge in [-0.25, -0.2) is 4.79 Å². The van der Waals surface area contributed by atoms with Crippen molar-refractivity contribution in [2.24, 2.45) is 34.5 Å². The molecule has 7 atom stereocenters. The lowest BCUT2D eigenvalue weighted by molar-refractivity contribution is -0.167. The first-order valence-electron chi connectivity index (χ1n) is 12.6. The third kappa shape index (κ3) is 4.14. The molecule has 0 radical (unpaired) electrons. The van der Waals surface area contributed by atoms with E-state index < -0.39 is 46.4 Å². The first-order chi connectivity index (χ1) is 17.2. The fraction of sp³-hybridized carbons (Fsp3) is 0.630. The molecular weight excluding hydrogens is 500 g/mol. The minimum Gasteiger partial charge on any atom is -0.458 e. The molecule has 3 fully saturated rings. The van der Waals surface area contributed by atoms with Crippen molar-refractivity contribution in [1.82, 2.24) is 0 Å². The molecule has 37 heavy (non-hydrogen) atoms. The zero-order valence-corrected chi connectivity index (χ0v) is 20.5. The van der Waals surface area contributed by atoms with Gasteiger partial charge >= 0.3 is 18.3 Å². The number of anilines is 1. The maximum atomic E-state index is 13.6. The third-order valence-electron chi connectivity index (χ3n) is 9.77. The SMILES string of the molecule is C[C@]12C=CC(=O)OC1CC[C@@H]1[C@H]2CC[C@]2(C)C(C(=O)Nc3c(C(F)(F)F)cccc3C(F)(F)F)CC[C@@H]12. The maximum Gasteiger partial charge on any atom is 0.418 e. The Bertz CT molecular complexity index is 1110. The summed E-state index contributed by atoms with van der Waals surface area (Å²) in [7, 11) is 0.